The number of anilines is 1. The number of hydrogen-bond acceptors (Lipinski definition) is 3. The summed E-state index contributed by atoms with van der Waals surface area (Å²) in [5.74, 6) is 0.187. The Morgan fingerprint density at radius 2 is 1.76 bits per heavy atom. The van der Waals surface area contributed by atoms with Crippen molar-refractivity contribution in [3.05, 3.63) is 87.8 Å². The molecule has 4 rings (SSSR count). The summed E-state index contributed by atoms with van der Waals surface area (Å²) >= 11 is 18.3. The topological polar surface area (TPSA) is 70.7 Å². The number of imidazole rings is 1. The number of hydrogen-bond donors (Lipinski definition) is 2. The Balaban J connectivity index is 1.62. The molecule has 2 N–H and O–H groups in total. The van der Waals surface area contributed by atoms with Gasteiger partial charge in [0.15, 0.2) is 0 Å². The second kappa shape index (κ2) is 8.25. The highest BCUT2D eigenvalue weighted by molar-refractivity contribution is 6.43. The number of halogens is 3. The van der Waals surface area contributed by atoms with E-state index >= 15 is 0 Å². The number of benzene rings is 2. The third kappa shape index (κ3) is 4.12. The molecular formula is C21H13Cl3N4O. The number of nitrogens with zero attached hydrogens (tertiary/aromatic N) is 2. The van der Waals surface area contributed by atoms with Crippen LogP contribution in [0.15, 0.2) is 67.0 Å². The fraction of sp³-hybridized carbons (Fsp3) is 0. The molecule has 4 aromatic rings. The summed E-state index contributed by atoms with van der Waals surface area (Å²) in [6, 6.07) is 16.5. The number of pyridine rings is 1. The number of aromatic amines is 1. The molecule has 144 valence electrons. The average molecular weight is 444 g/mol. The lowest BCUT2D eigenvalue weighted by molar-refractivity contribution is 0.102. The van der Waals surface area contributed by atoms with Crippen LogP contribution in [0.1, 0.15) is 10.4 Å². The molecule has 2 aromatic carbocycles. The van der Waals surface area contributed by atoms with Gasteiger partial charge in [-0.1, -0.05) is 65.1 Å². The van der Waals surface area contributed by atoms with Crippen LogP contribution in [-0.4, -0.2) is 20.9 Å². The second-order valence-corrected chi connectivity index (χ2v) is 7.27. The lowest BCUT2D eigenvalue weighted by Gasteiger charge is -2.09. The summed E-state index contributed by atoms with van der Waals surface area (Å²) in [4.78, 5) is 24.1. The molecule has 0 saturated carbocycles. The van der Waals surface area contributed by atoms with Crippen molar-refractivity contribution in [2.75, 3.05) is 5.32 Å². The minimum Gasteiger partial charge on any atom is -0.338 e. The van der Waals surface area contributed by atoms with E-state index in [4.69, 9.17) is 34.8 Å². The van der Waals surface area contributed by atoms with E-state index in [2.05, 4.69) is 20.3 Å². The monoisotopic (exact) mass is 442 g/mol. The standard InChI is InChI=1S/C21H13Cl3N4O/c22-16-7-6-13(27-21(29)14-8-9-25-19(24)18(14)23)10-15(16)20-26-11-17(28-20)12-4-2-1-3-5-12/h1-11H,(H,26,28)(H,27,29). The quantitative estimate of drug-likeness (QED) is 0.361. The summed E-state index contributed by atoms with van der Waals surface area (Å²) in [7, 11) is 0. The summed E-state index contributed by atoms with van der Waals surface area (Å²) in [5, 5.41) is 3.46. The number of rotatable bonds is 4. The molecule has 0 aliphatic rings. The van der Waals surface area contributed by atoms with Crippen molar-refractivity contribution >= 4 is 46.4 Å². The van der Waals surface area contributed by atoms with Crippen molar-refractivity contribution in [2.45, 2.75) is 0 Å². The zero-order valence-corrected chi connectivity index (χ0v) is 17.1. The van der Waals surface area contributed by atoms with Gasteiger partial charge in [0.05, 0.1) is 27.5 Å². The number of aromatic nitrogens is 3. The van der Waals surface area contributed by atoms with Gasteiger partial charge < -0.3 is 10.3 Å². The summed E-state index contributed by atoms with van der Waals surface area (Å²) in [6.07, 6.45) is 3.16. The van der Waals surface area contributed by atoms with E-state index in [-0.39, 0.29) is 15.7 Å². The van der Waals surface area contributed by atoms with E-state index in [1.807, 2.05) is 30.3 Å². The smallest absolute Gasteiger partial charge is 0.257 e. The van der Waals surface area contributed by atoms with Gasteiger partial charge in [0, 0.05) is 17.4 Å². The molecule has 2 heterocycles. The lowest BCUT2D eigenvalue weighted by atomic mass is 10.1. The predicted molar refractivity (Wildman–Crippen MR) is 117 cm³/mol. The van der Waals surface area contributed by atoms with Crippen LogP contribution in [0.25, 0.3) is 22.6 Å². The summed E-state index contributed by atoms with van der Waals surface area (Å²) in [5.41, 5.74) is 3.30. The minimum absolute atomic E-state index is 0.0696. The molecule has 0 fully saturated rings. The Morgan fingerprint density at radius 3 is 2.55 bits per heavy atom. The molecule has 29 heavy (non-hydrogen) atoms. The molecule has 0 atom stereocenters. The predicted octanol–water partition coefficient (Wildman–Crippen LogP) is 6.35. The van der Waals surface area contributed by atoms with Gasteiger partial charge in [0.2, 0.25) is 0 Å². The molecule has 2 aromatic heterocycles. The molecule has 0 radical (unpaired) electrons. The number of carbonyl (C=O) groups excluding carboxylic acids is 1. The van der Waals surface area contributed by atoms with Gasteiger partial charge >= 0.3 is 0 Å². The summed E-state index contributed by atoms with van der Waals surface area (Å²) in [6.45, 7) is 0. The second-order valence-electron chi connectivity index (χ2n) is 6.12. The molecule has 1 amide bonds. The number of amides is 1. The molecule has 0 spiro atoms. The Labute approximate surface area is 181 Å². The maximum Gasteiger partial charge on any atom is 0.257 e. The Hall–Kier alpha value is -2.86. The summed E-state index contributed by atoms with van der Waals surface area (Å²) < 4.78 is 0. The van der Waals surface area contributed by atoms with E-state index in [0.29, 0.717) is 22.1 Å². The van der Waals surface area contributed by atoms with Crippen LogP contribution in [0.5, 0.6) is 0 Å². The molecular weight excluding hydrogens is 431 g/mol. The largest absolute Gasteiger partial charge is 0.338 e. The highest BCUT2D eigenvalue weighted by Crippen LogP contribution is 2.31. The molecule has 0 unspecified atom stereocenters. The number of carbonyl (C=O) groups is 1. The SMILES string of the molecule is O=C(Nc1ccc(Cl)c(-c2ncc(-c3ccccc3)[nH]2)c1)c1ccnc(Cl)c1Cl. The van der Waals surface area contributed by atoms with E-state index in [1.165, 1.54) is 12.3 Å². The minimum atomic E-state index is -0.406. The first kappa shape index (κ1) is 19.5. The third-order valence-electron chi connectivity index (χ3n) is 4.23. The first-order valence-electron chi connectivity index (χ1n) is 8.54. The Kier molecular flexibility index (Phi) is 5.53. The maximum absolute atomic E-state index is 12.6. The number of nitrogens with one attached hydrogen (secondary N) is 2. The van der Waals surface area contributed by atoms with Crippen LogP contribution in [0, 0.1) is 0 Å². The highest BCUT2D eigenvalue weighted by atomic mass is 35.5. The first-order chi connectivity index (χ1) is 14.0. The zero-order valence-electron chi connectivity index (χ0n) is 14.8. The Bertz CT molecular complexity index is 1190. The molecule has 0 aliphatic heterocycles. The lowest BCUT2D eigenvalue weighted by Crippen LogP contribution is -2.13. The maximum atomic E-state index is 12.6. The average Bonchev–Trinajstić information content (AvgIpc) is 3.22. The van der Waals surface area contributed by atoms with E-state index in [0.717, 1.165) is 11.3 Å². The van der Waals surface area contributed by atoms with Crippen molar-refractivity contribution in [1.29, 1.82) is 0 Å². The van der Waals surface area contributed by atoms with Crippen molar-refractivity contribution in [3.8, 4) is 22.6 Å². The number of H-pyrrole nitrogens is 1. The van der Waals surface area contributed by atoms with Crippen LogP contribution in [0.2, 0.25) is 15.2 Å². The molecule has 5 nitrogen and oxygen atoms in total. The van der Waals surface area contributed by atoms with Crippen LogP contribution in [0.3, 0.4) is 0 Å². The van der Waals surface area contributed by atoms with Gasteiger partial charge in [0.25, 0.3) is 5.91 Å². The fourth-order valence-electron chi connectivity index (χ4n) is 2.80. The van der Waals surface area contributed by atoms with Gasteiger partial charge in [-0.2, -0.15) is 0 Å². The zero-order chi connectivity index (χ0) is 20.4. The van der Waals surface area contributed by atoms with Crippen molar-refractivity contribution in [2.24, 2.45) is 0 Å². The molecule has 0 saturated heterocycles. The Morgan fingerprint density at radius 1 is 0.966 bits per heavy atom. The van der Waals surface area contributed by atoms with E-state index in [9.17, 15) is 4.79 Å². The van der Waals surface area contributed by atoms with Crippen molar-refractivity contribution in [3.63, 3.8) is 0 Å². The van der Waals surface area contributed by atoms with Crippen LogP contribution < -0.4 is 5.32 Å². The molecule has 8 heteroatoms. The normalized spacial score (nSPS) is 10.7. The van der Waals surface area contributed by atoms with Gasteiger partial charge in [-0.3, -0.25) is 4.79 Å². The van der Waals surface area contributed by atoms with Crippen LogP contribution in [-0.2, 0) is 0 Å². The van der Waals surface area contributed by atoms with Crippen LogP contribution in [0.4, 0.5) is 5.69 Å². The van der Waals surface area contributed by atoms with E-state index < -0.39 is 5.91 Å². The third-order valence-corrected chi connectivity index (χ3v) is 5.33. The van der Waals surface area contributed by atoms with Gasteiger partial charge in [-0.05, 0) is 29.8 Å². The fourth-order valence-corrected chi connectivity index (χ4v) is 3.36. The first-order valence-corrected chi connectivity index (χ1v) is 9.68. The van der Waals surface area contributed by atoms with Gasteiger partial charge in [0.1, 0.15) is 11.0 Å². The molecule has 0 aliphatic carbocycles. The van der Waals surface area contributed by atoms with Crippen molar-refractivity contribution < 1.29 is 4.79 Å². The van der Waals surface area contributed by atoms with Gasteiger partial charge in [-0.25, -0.2) is 9.97 Å². The highest BCUT2D eigenvalue weighted by Gasteiger charge is 2.15. The van der Waals surface area contributed by atoms with Gasteiger partial charge in [-0.15, -0.1) is 0 Å². The van der Waals surface area contributed by atoms with E-state index in [1.54, 1.807) is 24.4 Å². The molecule has 0 bridgehead atoms. The van der Waals surface area contributed by atoms with Crippen molar-refractivity contribution in [1.82, 2.24) is 15.0 Å². The van der Waals surface area contributed by atoms with Crippen LogP contribution >= 0.6 is 34.8 Å².